The third-order valence-corrected chi connectivity index (χ3v) is 0.990. The van der Waals surface area contributed by atoms with Crippen molar-refractivity contribution < 1.29 is 18.0 Å². The summed E-state index contributed by atoms with van der Waals surface area (Å²) >= 11 is 0. The van der Waals surface area contributed by atoms with Gasteiger partial charge in [-0.1, -0.05) is 5.16 Å². The summed E-state index contributed by atoms with van der Waals surface area (Å²) in [6.45, 7) is -0.372. The average Bonchev–Trinajstić information content (AvgIpc) is 2.08. The first kappa shape index (κ1) is 6.38. The molecule has 0 N–H and O–H groups in total. The zero-order valence-corrected chi connectivity index (χ0v) is 4.35. The molecule has 1 aliphatic heterocycles. The minimum atomic E-state index is -4.19. The maximum absolute atomic E-state index is 11.6. The summed E-state index contributed by atoms with van der Waals surface area (Å²) in [5.41, 5.74) is 0. The van der Waals surface area contributed by atoms with E-state index in [2.05, 4.69) is 9.99 Å². The largest absolute Gasteiger partial charge is 0.400 e. The van der Waals surface area contributed by atoms with E-state index in [1.54, 1.807) is 0 Å². The van der Waals surface area contributed by atoms with E-state index in [4.69, 9.17) is 0 Å². The highest BCUT2D eigenvalue weighted by Crippen LogP contribution is 2.26. The predicted molar refractivity (Wildman–Crippen MR) is 24.0 cm³/mol. The third-order valence-electron chi connectivity index (χ3n) is 0.990. The Bertz CT molecular complexity index is 130. The molecule has 0 spiro atoms. The van der Waals surface area contributed by atoms with Gasteiger partial charge in [-0.3, -0.25) is 0 Å². The van der Waals surface area contributed by atoms with E-state index in [9.17, 15) is 13.2 Å². The highest BCUT2D eigenvalue weighted by molar-refractivity contribution is 5.62. The van der Waals surface area contributed by atoms with Gasteiger partial charge >= 0.3 is 6.18 Å². The quantitative estimate of drug-likeness (QED) is 0.493. The van der Waals surface area contributed by atoms with Gasteiger partial charge in [-0.15, -0.1) is 0 Å². The van der Waals surface area contributed by atoms with E-state index >= 15 is 0 Å². The summed E-state index contributed by atoms with van der Waals surface area (Å²) in [6, 6.07) is 0. The minimum absolute atomic E-state index is 0.372. The van der Waals surface area contributed by atoms with Gasteiger partial charge in [0.25, 0.3) is 0 Å². The first-order valence-corrected chi connectivity index (χ1v) is 2.33. The van der Waals surface area contributed by atoms with Crippen LogP contribution < -0.4 is 0 Å². The summed E-state index contributed by atoms with van der Waals surface area (Å²) < 4.78 is 34.8. The molecule has 0 amide bonds. The molecule has 2 nitrogen and oxygen atoms in total. The molecular formula is C4H4F3NO. The Balaban J connectivity index is 2.53. The van der Waals surface area contributed by atoms with Crippen LogP contribution in [0.4, 0.5) is 13.2 Å². The maximum atomic E-state index is 11.6. The number of nitrogens with zero attached hydrogens (tertiary/aromatic N) is 1. The third kappa shape index (κ3) is 1.34. The first-order valence-electron chi connectivity index (χ1n) is 2.33. The smallest absolute Gasteiger partial charge is 0.395 e. The predicted octanol–water partition coefficient (Wildman–Crippen LogP) is 1.18. The van der Waals surface area contributed by atoms with Crippen LogP contribution in [-0.2, 0) is 4.84 Å². The molecule has 0 radical (unpaired) electrons. The molecule has 0 saturated carbocycles. The Labute approximate surface area is 49.3 Å². The van der Waals surface area contributed by atoms with E-state index in [1.807, 2.05) is 0 Å². The zero-order chi connectivity index (χ0) is 6.91. The van der Waals surface area contributed by atoms with Crippen molar-refractivity contribution in [1.82, 2.24) is 0 Å². The summed E-state index contributed by atoms with van der Waals surface area (Å²) in [5.74, 6) is -1.50. The summed E-state index contributed by atoms with van der Waals surface area (Å²) in [6.07, 6.45) is -3.43. The number of alkyl halides is 3. The van der Waals surface area contributed by atoms with Crippen molar-refractivity contribution in [2.75, 3.05) is 6.61 Å². The molecule has 1 atom stereocenters. The molecule has 0 fully saturated rings. The van der Waals surface area contributed by atoms with Crippen molar-refractivity contribution in [2.45, 2.75) is 6.18 Å². The van der Waals surface area contributed by atoms with Gasteiger partial charge in [-0.2, -0.15) is 13.2 Å². The Morgan fingerprint density at radius 3 is 2.44 bits per heavy atom. The molecule has 0 aromatic carbocycles. The molecule has 1 aliphatic rings. The number of halogens is 3. The highest BCUT2D eigenvalue weighted by atomic mass is 19.4. The Hall–Kier alpha value is -0.740. The minimum Gasteiger partial charge on any atom is -0.395 e. The van der Waals surface area contributed by atoms with Crippen molar-refractivity contribution in [2.24, 2.45) is 11.1 Å². The van der Waals surface area contributed by atoms with Crippen molar-refractivity contribution in [3.05, 3.63) is 0 Å². The molecular weight excluding hydrogens is 135 g/mol. The Kier molecular flexibility index (Phi) is 1.34. The van der Waals surface area contributed by atoms with Crippen molar-refractivity contribution in [3.8, 4) is 0 Å². The monoisotopic (exact) mass is 139 g/mol. The van der Waals surface area contributed by atoms with Crippen LogP contribution in [0.3, 0.4) is 0 Å². The van der Waals surface area contributed by atoms with Crippen LogP contribution in [-0.4, -0.2) is 19.0 Å². The Morgan fingerprint density at radius 2 is 2.22 bits per heavy atom. The second-order valence-corrected chi connectivity index (χ2v) is 1.70. The highest BCUT2D eigenvalue weighted by Gasteiger charge is 2.41. The topological polar surface area (TPSA) is 21.6 Å². The fourth-order valence-electron chi connectivity index (χ4n) is 0.462. The fourth-order valence-corrected chi connectivity index (χ4v) is 0.462. The lowest BCUT2D eigenvalue weighted by molar-refractivity contribution is -0.160. The van der Waals surface area contributed by atoms with E-state index in [0.29, 0.717) is 0 Å². The Morgan fingerprint density at radius 1 is 1.56 bits per heavy atom. The molecule has 0 aromatic rings. The van der Waals surface area contributed by atoms with E-state index in [-0.39, 0.29) is 6.61 Å². The van der Waals surface area contributed by atoms with E-state index in [0.717, 1.165) is 6.21 Å². The molecule has 0 bridgehead atoms. The molecule has 1 heterocycles. The first-order chi connectivity index (χ1) is 4.11. The van der Waals surface area contributed by atoms with Gasteiger partial charge in [0.2, 0.25) is 0 Å². The zero-order valence-electron chi connectivity index (χ0n) is 4.35. The average molecular weight is 139 g/mol. The van der Waals surface area contributed by atoms with Crippen molar-refractivity contribution in [3.63, 3.8) is 0 Å². The van der Waals surface area contributed by atoms with Gasteiger partial charge in [-0.25, -0.2) is 0 Å². The lowest BCUT2D eigenvalue weighted by Gasteiger charge is -2.07. The maximum Gasteiger partial charge on any atom is 0.400 e. The van der Waals surface area contributed by atoms with Crippen LogP contribution in [0.5, 0.6) is 0 Å². The fraction of sp³-hybridized carbons (Fsp3) is 0.750. The summed E-state index contributed by atoms with van der Waals surface area (Å²) in [5, 5.41) is 2.99. The molecule has 9 heavy (non-hydrogen) atoms. The molecule has 0 aliphatic carbocycles. The molecule has 1 unspecified atom stereocenters. The number of hydrogen-bond acceptors (Lipinski definition) is 2. The molecule has 0 aromatic heterocycles. The lowest BCUT2D eigenvalue weighted by atomic mass is 10.2. The summed E-state index contributed by atoms with van der Waals surface area (Å²) in [4.78, 5) is 4.13. The number of rotatable bonds is 0. The standard InChI is InChI=1S/C4H4F3NO/c5-4(6,7)3-1-8-9-2-3/h1,3H,2H2. The van der Waals surface area contributed by atoms with Crippen LogP contribution >= 0.6 is 0 Å². The van der Waals surface area contributed by atoms with E-state index in [1.165, 1.54) is 0 Å². The van der Waals surface area contributed by atoms with Gasteiger partial charge in [0.05, 0.1) is 6.21 Å². The number of oxime groups is 1. The van der Waals surface area contributed by atoms with Gasteiger partial charge in [-0.05, 0) is 0 Å². The molecule has 52 valence electrons. The normalized spacial score (nSPS) is 26.3. The second-order valence-electron chi connectivity index (χ2n) is 1.70. The SMILES string of the molecule is FC(F)(F)C1C=NOC1. The molecule has 5 heteroatoms. The number of hydrogen-bond donors (Lipinski definition) is 0. The van der Waals surface area contributed by atoms with Crippen LogP contribution in [0.25, 0.3) is 0 Å². The molecule has 1 rings (SSSR count). The molecule has 0 saturated heterocycles. The second kappa shape index (κ2) is 1.89. The van der Waals surface area contributed by atoms with Crippen LogP contribution in [0.1, 0.15) is 0 Å². The van der Waals surface area contributed by atoms with Crippen LogP contribution in [0.2, 0.25) is 0 Å². The summed E-state index contributed by atoms with van der Waals surface area (Å²) in [7, 11) is 0. The van der Waals surface area contributed by atoms with Gasteiger partial charge < -0.3 is 4.84 Å². The van der Waals surface area contributed by atoms with E-state index < -0.39 is 12.1 Å². The van der Waals surface area contributed by atoms with Gasteiger partial charge in [0.15, 0.2) is 0 Å². The van der Waals surface area contributed by atoms with Crippen LogP contribution in [0.15, 0.2) is 5.16 Å². The van der Waals surface area contributed by atoms with Gasteiger partial charge in [0.1, 0.15) is 12.5 Å². The van der Waals surface area contributed by atoms with Crippen molar-refractivity contribution in [1.29, 1.82) is 0 Å². The lowest BCUT2D eigenvalue weighted by Crippen LogP contribution is -2.24. The van der Waals surface area contributed by atoms with Crippen molar-refractivity contribution >= 4 is 6.21 Å². The van der Waals surface area contributed by atoms with Crippen LogP contribution in [0, 0.1) is 5.92 Å². The van der Waals surface area contributed by atoms with Gasteiger partial charge in [0, 0.05) is 0 Å².